The van der Waals surface area contributed by atoms with Gasteiger partial charge >= 0.3 is 0 Å². The molecule has 0 aliphatic heterocycles. The molecule has 0 aliphatic rings. The number of carbonyl (C=O) groups is 1. The maximum atomic E-state index is 12.3. The van der Waals surface area contributed by atoms with Gasteiger partial charge in [0.05, 0.1) is 12.5 Å². The number of aromatic nitrogens is 1. The lowest BCUT2D eigenvalue weighted by Gasteiger charge is -2.08. The number of anilines is 2. The number of carbonyl (C=O) groups excluding carboxylic acids is 1. The van der Waals surface area contributed by atoms with Gasteiger partial charge in [0.1, 0.15) is 0 Å². The van der Waals surface area contributed by atoms with Crippen molar-refractivity contribution in [3.05, 3.63) is 66.7 Å². The molecule has 1 aromatic heterocycles. The summed E-state index contributed by atoms with van der Waals surface area (Å²) in [6.45, 7) is 0. The summed E-state index contributed by atoms with van der Waals surface area (Å²) in [6, 6.07) is 13.3. The first-order valence-electron chi connectivity index (χ1n) is 7.29. The van der Waals surface area contributed by atoms with Gasteiger partial charge < -0.3 is 9.73 Å². The van der Waals surface area contributed by atoms with E-state index in [-0.39, 0.29) is 5.91 Å². The molecule has 2 aromatic carbocycles. The maximum Gasteiger partial charge on any atom is 0.255 e. The highest BCUT2D eigenvalue weighted by atomic mass is 32.2. The highest BCUT2D eigenvalue weighted by Crippen LogP contribution is 2.21. The number of hydrogen-bond acceptors (Lipinski definition) is 5. The Labute approximate surface area is 144 Å². The van der Waals surface area contributed by atoms with E-state index in [9.17, 15) is 13.2 Å². The largest absolute Gasteiger partial charge is 0.444 e. The molecule has 0 spiro atoms. The molecule has 8 heteroatoms. The lowest BCUT2D eigenvalue weighted by atomic mass is 10.1. The molecule has 2 N–H and O–H groups in total. The van der Waals surface area contributed by atoms with Crippen LogP contribution >= 0.6 is 0 Å². The molecule has 1 heterocycles. The minimum atomic E-state index is -3.40. The molecule has 0 atom stereocenters. The summed E-state index contributed by atoms with van der Waals surface area (Å²) in [7, 11) is -3.40. The second kappa shape index (κ2) is 6.78. The Morgan fingerprint density at radius 2 is 1.84 bits per heavy atom. The van der Waals surface area contributed by atoms with Crippen LogP contribution in [0.15, 0.2) is 65.5 Å². The molecular formula is C17H15N3O4S. The van der Waals surface area contributed by atoms with Crippen molar-refractivity contribution in [1.29, 1.82) is 0 Å². The molecule has 7 nitrogen and oxygen atoms in total. The van der Waals surface area contributed by atoms with Crippen LogP contribution in [0.4, 0.5) is 11.4 Å². The van der Waals surface area contributed by atoms with Gasteiger partial charge in [0.15, 0.2) is 12.2 Å². The van der Waals surface area contributed by atoms with Crippen LogP contribution < -0.4 is 10.0 Å². The lowest BCUT2D eigenvalue weighted by molar-refractivity contribution is 0.102. The van der Waals surface area contributed by atoms with Gasteiger partial charge in [-0.1, -0.05) is 6.07 Å². The zero-order valence-electron chi connectivity index (χ0n) is 13.3. The van der Waals surface area contributed by atoms with Gasteiger partial charge in [0.2, 0.25) is 10.0 Å². The topological polar surface area (TPSA) is 101 Å². The van der Waals surface area contributed by atoms with Gasteiger partial charge in [-0.2, -0.15) is 0 Å². The summed E-state index contributed by atoms with van der Waals surface area (Å²) in [5.41, 5.74) is 2.12. The minimum Gasteiger partial charge on any atom is -0.444 e. The first kappa shape index (κ1) is 16.7. The van der Waals surface area contributed by atoms with Gasteiger partial charge in [-0.05, 0) is 42.5 Å². The number of oxazole rings is 1. The highest BCUT2D eigenvalue weighted by Gasteiger charge is 2.09. The van der Waals surface area contributed by atoms with Crippen LogP contribution in [0.25, 0.3) is 11.3 Å². The number of benzene rings is 2. The highest BCUT2D eigenvalue weighted by molar-refractivity contribution is 7.92. The van der Waals surface area contributed by atoms with E-state index < -0.39 is 10.0 Å². The van der Waals surface area contributed by atoms with Crippen LogP contribution in [0.1, 0.15) is 10.4 Å². The van der Waals surface area contributed by atoms with E-state index in [2.05, 4.69) is 15.0 Å². The standard InChI is InChI=1S/C17H15N3O4S/c1-25(22,23)20-15-4-2-3-13(9-15)17(21)19-14-7-5-12(6-8-14)16-10-18-11-24-16/h2-11,20H,1H3,(H,19,21). The molecule has 0 saturated heterocycles. The number of nitrogens with zero attached hydrogens (tertiary/aromatic N) is 1. The van der Waals surface area contributed by atoms with Gasteiger partial charge in [-0.3, -0.25) is 9.52 Å². The summed E-state index contributed by atoms with van der Waals surface area (Å²) in [6.07, 6.45) is 4.01. The molecule has 0 fully saturated rings. The van der Waals surface area contributed by atoms with Crippen LogP contribution in [0.2, 0.25) is 0 Å². The fourth-order valence-electron chi connectivity index (χ4n) is 2.22. The van der Waals surface area contributed by atoms with Gasteiger partial charge in [-0.15, -0.1) is 0 Å². The molecule has 128 valence electrons. The van der Waals surface area contributed by atoms with Crippen LogP contribution in [0.3, 0.4) is 0 Å². The zero-order valence-corrected chi connectivity index (χ0v) is 14.1. The van der Waals surface area contributed by atoms with Crippen molar-refractivity contribution >= 4 is 27.3 Å². The van der Waals surface area contributed by atoms with Crippen LogP contribution in [-0.4, -0.2) is 25.6 Å². The Morgan fingerprint density at radius 3 is 2.48 bits per heavy atom. The third kappa shape index (κ3) is 4.45. The summed E-state index contributed by atoms with van der Waals surface area (Å²) in [4.78, 5) is 16.2. The fourth-order valence-corrected chi connectivity index (χ4v) is 2.77. The molecule has 0 radical (unpaired) electrons. The van der Waals surface area contributed by atoms with Gasteiger partial charge in [0, 0.05) is 22.5 Å². The Hall–Kier alpha value is -3.13. The first-order valence-corrected chi connectivity index (χ1v) is 9.18. The predicted molar refractivity (Wildman–Crippen MR) is 94.8 cm³/mol. The lowest BCUT2D eigenvalue weighted by Crippen LogP contribution is -2.13. The zero-order chi connectivity index (χ0) is 17.9. The van der Waals surface area contributed by atoms with E-state index in [0.29, 0.717) is 22.7 Å². The van der Waals surface area contributed by atoms with Crippen molar-refractivity contribution in [2.75, 3.05) is 16.3 Å². The summed E-state index contributed by atoms with van der Waals surface area (Å²) < 4.78 is 30.1. The second-order valence-electron chi connectivity index (χ2n) is 5.35. The van der Waals surface area contributed by atoms with Crippen LogP contribution in [0, 0.1) is 0 Å². The molecular weight excluding hydrogens is 342 g/mol. The smallest absolute Gasteiger partial charge is 0.255 e. The van der Waals surface area contributed by atoms with Crippen LogP contribution in [-0.2, 0) is 10.0 Å². The molecule has 0 aliphatic carbocycles. The molecule has 25 heavy (non-hydrogen) atoms. The van der Waals surface area contributed by atoms with Crippen molar-refractivity contribution in [2.45, 2.75) is 0 Å². The molecule has 3 rings (SSSR count). The second-order valence-corrected chi connectivity index (χ2v) is 7.10. The molecule has 0 saturated carbocycles. The van der Waals surface area contributed by atoms with Crippen molar-refractivity contribution in [3.63, 3.8) is 0 Å². The fraction of sp³-hybridized carbons (Fsp3) is 0.0588. The van der Waals surface area contributed by atoms with E-state index in [0.717, 1.165) is 11.8 Å². The van der Waals surface area contributed by atoms with E-state index in [1.165, 1.54) is 12.5 Å². The van der Waals surface area contributed by atoms with Crippen LogP contribution in [0.5, 0.6) is 0 Å². The van der Waals surface area contributed by atoms with Gasteiger partial charge in [0.25, 0.3) is 5.91 Å². The summed E-state index contributed by atoms with van der Waals surface area (Å²) in [5, 5.41) is 2.76. The number of sulfonamides is 1. The summed E-state index contributed by atoms with van der Waals surface area (Å²) in [5.74, 6) is 0.294. The molecule has 0 bridgehead atoms. The number of rotatable bonds is 5. The Morgan fingerprint density at radius 1 is 1.08 bits per heavy atom. The van der Waals surface area contributed by atoms with E-state index in [1.807, 2.05) is 0 Å². The Balaban J connectivity index is 1.73. The van der Waals surface area contributed by atoms with E-state index >= 15 is 0 Å². The van der Waals surface area contributed by atoms with Crippen molar-refractivity contribution in [1.82, 2.24) is 4.98 Å². The first-order chi connectivity index (χ1) is 11.9. The monoisotopic (exact) mass is 357 g/mol. The van der Waals surface area contributed by atoms with Crippen molar-refractivity contribution < 1.29 is 17.6 Å². The van der Waals surface area contributed by atoms with Crippen molar-refractivity contribution in [3.8, 4) is 11.3 Å². The Bertz CT molecular complexity index is 981. The van der Waals surface area contributed by atoms with Crippen molar-refractivity contribution in [2.24, 2.45) is 0 Å². The number of amides is 1. The molecule has 0 unspecified atom stereocenters. The SMILES string of the molecule is CS(=O)(=O)Nc1cccc(C(=O)Nc2ccc(-c3cnco3)cc2)c1. The average molecular weight is 357 g/mol. The van der Waals surface area contributed by atoms with E-state index in [1.54, 1.807) is 48.7 Å². The third-order valence-corrected chi connectivity index (χ3v) is 3.89. The molecule has 1 amide bonds. The minimum absolute atomic E-state index is 0.329. The Kier molecular flexibility index (Phi) is 4.53. The normalized spacial score (nSPS) is 11.1. The predicted octanol–water partition coefficient (Wildman–Crippen LogP) is 2.97. The number of hydrogen-bond donors (Lipinski definition) is 2. The maximum absolute atomic E-state index is 12.3. The summed E-state index contributed by atoms with van der Waals surface area (Å²) >= 11 is 0. The van der Waals surface area contributed by atoms with E-state index in [4.69, 9.17) is 4.42 Å². The average Bonchev–Trinajstić information content (AvgIpc) is 3.08. The quantitative estimate of drug-likeness (QED) is 0.731. The van der Waals surface area contributed by atoms with Gasteiger partial charge in [-0.25, -0.2) is 13.4 Å². The molecule has 3 aromatic rings. The number of nitrogens with one attached hydrogen (secondary N) is 2. The third-order valence-electron chi connectivity index (χ3n) is 3.29.